The van der Waals surface area contributed by atoms with Crippen molar-refractivity contribution in [3.63, 3.8) is 0 Å². The van der Waals surface area contributed by atoms with E-state index in [0.717, 1.165) is 5.06 Å². The number of hydrogen-bond acceptors (Lipinski definition) is 5. The van der Waals surface area contributed by atoms with Crippen molar-refractivity contribution >= 4 is 11.7 Å². The van der Waals surface area contributed by atoms with Crippen molar-refractivity contribution < 1.29 is 19.2 Å². The van der Waals surface area contributed by atoms with Gasteiger partial charge < -0.3 is 4.74 Å². The molecule has 6 heteroatoms. The van der Waals surface area contributed by atoms with Gasteiger partial charge in [-0.1, -0.05) is 30.3 Å². The fourth-order valence-electron chi connectivity index (χ4n) is 2.51. The maximum absolute atomic E-state index is 12.4. The summed E-state index contributed by atoms with van der Waals surface area (Å²) in [4.78, 5) is 31.5. The van der Waals surface area contributed by atoms with Crippen molar-refractivity contribution in [3.05, 3.63) is 35.9 Å². The Bertz CT molecular complexity index is 544. The van der Waals surface area contributed by atoms with Crippen molar-refractivity contribution in [2.75, 3.05) is 27.3 Å². The molecule has 0 aliphatic carbocycles. The van der Waals surface area contributed by atoms with Gasteiger partial charge in [0.05, 0.1) is 20.3 Å². The van der Waals surface area contributed by atoms with Gasteiger partial charge >= 0.3 is 0 Å². The molecule has 0 unspecified atom stereocenters. The van der Waals surface area contributed by atoms with Gasteiger partial charge in [-0.05, 0) is 13.8 Å². The number of nitrogens with zero attached hydrogens (tertiary/aromatic N) is 2. The van der Waals surface area contributed by atoms with E-state index in [4.69, 9.17) is 9.57 Å². The second kappa shape index (κ2) is 6.56. The first-order chi connectivity index (χ1) is 10.4. The molecule has 0 bridgehead atoms. The van der Waals surface area contributed by atoms with Crippen LogP contribution in [-0.2, 0) is 14.4 Å². The number of amides is 1. The third kappa shape index (κ3) is 3.35. The van der Waals surface area contributed by atoms with E-state index in [1.807, 2.05) is 32.0 Å². The van der Waals surface area contributed by atoms with Crippen LogP contribution in [-0.4, -0.2) is 60.7 Å². The van der Waals surface area contributed by atoms with Crippen LogP contribution in [0.25, 0.3) is 0 Å². The molecule has 1 aliphatic heterocycles. The molecular weight excluding hydrogens is 284 g/mol. The Kier molecular flexibility index (Phi) is 4.95. The van der Waals surface area contributed by atoms with Crippen molar-refractivity contribution in [2.45, 2.75) is 25.6 Å². The van der Waals surface area contributed by atoms with Gasteiger partial charge in [0, 0.05) is 12.6 Å². The number of benzene rings is 1. The molecule has 22 heavy (non-hydrogen) atoms. The highest BCUT2D eigenvalue weighted by Gasteiger charge is 2.45. The molecule has 0 spiro atoms. The van der Waals surface area contributed by atoms with Crippen molar-refractivity contribution in [1.82, 2.24) is 9.96 Å². The van der Waals surface area contributed by atoms with Crippen LogP contribution in [0.3, 0.4) is 0 Å². The lowest BCUT2D eigenvalue weighted by Gasteiger charge is -2.33. The maximum Gasteiger partial charge on any atom is 0.265 e. The number of carbonyl (C=O) groups is 2. The SMILES string of the molecule is CON(C)C(=O)[C@H]1COC(C)(C)N1CC(=O)c1ccccc1. The summed E-state index contributed by atoms with van der Waals surface area (Å²) < 4.78 is 5.69. The van der Waals surface area contributed by atoms with Gasteiger partial charge in [0.25, 0.3) is 5.91 Å². The Labute approximate surface area is 130 Å². The Balaban J connectivity index is 2.17. The summed E-state index contributed by atoms with van der Waals surface area (Å²) in [5, 5.41) is 1.16. The fourth-order valence-corrected chi connectivity index (χ4v) is 2.51. The highest BCUT2D eigenvalue weighted by Crippen LogP contribution is 2.28. The summed E-state index contributed by atoms with van der Waals surface area (Å²) in [7, 11) is 2.98. The zero-order chi connectivity index (χ0) is 16.3. The second-order valence-corrected chi connectivity index (χ2v) is 5.71. The zero-order valence-electron chi connectivity index (χ0n) is 13.4. The average molecular weight is 306 g/mol. The average Bonchev–Trinajstić information content (AvgIpc) is 2.81. The predicted octanol–water partition coefficient (Wildman–Crippen LogP) is 1.33. The number of likely N-dealkylation sites (N-methyl/N-ethyl adjacent to an activating group) is 1. The van der Waals surface area contributed by atoms with Crippen molar-refractivity contribution in [1.29, 1.82) is 0 Å². The molecule has 1 heterocycles. The maximum atomic E-state index is 12.4. The summed E-state index contributed by atoms with van der Waals surface area (Å²) in [6.07, 6.45) is 0. The number of hydroxylamine groups is 2. The molecule has 6 nitrogen and oxygen atoms in total. The van der Waals surface area contributed by atoms with Gasteiger partial charge in [-0.25, -0.2) is 5.06 Å². The summed E-state index contributed by atoms with van der Waals surface area (Å²) in [5.41, 5.74) is -0.0594. The molecule has 120 valence electrons. The molecular formula is C16H22N2O4. The van der Waals surface area contributed by atoms with Gasteiger partial charge in [0.15, 0.2) is 5.78 Å². The van der Waals surface area contributed by atoms with Gasteiger partial charge in [0.2, 0.25) is 0 Å². The molecule has 0 N–H and O–H groups in total. The molecule has 1 aromatic rings. The van der Waals surface area contributed by atoms with Gasteiger partial charge in [-0.3, -0.25) is 19.3 Å². The van der Waals surface area contributed by atoms with Crippen LogP contribution in [0, 0.1) is 0 Å². The lowest BCUT2D eigenvalue weighted by atomic mass is 10.1. The monoisotopic (exact) mass is 306 g/mol. The molecule has 0 radical (unpaired) electrons. The van der Waals surface area contributed by atoms with Gasteiger partial charge in [-0.15, -0.1) is 0 Å². The number of hydrogen-bond donors (Lipinski definition) is 0. The summed E-state index contributed by atoms with van der Waals surface area (Å²) >= 11 is 0. The van der Waals surface area contributed by atoms with Crippen LogP contribution in [0.5, 0.6) is 0 Å². The minimum atomic E-state index is -0.681. The molecule has 1 aromatic carbocycles. The lowest BCUT2D eigenvalue weighted by molar-refractivity contribution is -0.174. The minimum absolute atomic E-state index is 0.0444. The van der Waals surface area contributed by atoms with E-state index in [0.29, 0.717) is 5.56 Å². The highest BCUT2D eigenvalue weighted by molar-refractivity contribution is 5.98. The van der Waals surface area contributed by atoms with Crippen LogP contribution in [0.1, 0.15) is 24.2 Å². The normalized spacial score (nSPS) is 20.8. The van der Waals surface area contributed by atoms with Crippen LogP contribution in [0.4, 0.5) is 0 Å². The molecule has 2 rings (SSSR count). The molecule has 1 atom stereocenters. The van der Waals surface area contributed by atoms with E-state index < -0.39 is 11.8 Å². The Morgan fingerprint density at radius 3 is 2.59 bits per heavy atom. The number of ether oxygens (including phenoxy) is 1. The predicted molar refractivity (Wildman–Crippen MR) is 81.1 cm³/mol. The number of ketones is 1. The van der Waals surface area contributed by atoms with Gasteiger partial charge in [0.1, 0.15) is 11.8 Å². The topological polar surface area (TPSA) is 59.1 Å². The van der Waals surface area contributed by atoms with E-state index in [1.165, 1.54) is 7.11 Å². The largest absolute Gasteiger partial charge is 0.359 e. The van der Waals surface area contributed by atoms with Crippen LogP contribution >= 0.6 is 0 Å². The van der Waals surface area contributed by atoms with Crippen LogP contribution in [0.2, 0.25) is 0 Å². The quantitative estimate of drug-likeness (QED) is 0.607. The van der Waals surface area contributed by atoms with Crippen LogP contribution < -0.4 is 0 Å². The lowest BCUT2D eigenvalue weighted by Crippen LogP contribution is -2.52. The summed E-state index contributed by atoms with van der Waals surface area (Å²) in [6, 6.07) is 8.50. The first-order valence-electron chi connectivity index (χ1n) is 7.17. The van der Waals surface area contributed by atoms with Gasteiger partial charge in [-0.2, -0.15) is 0 Å². The molecule has 1 fully saturated rings. The molecule has 1 amide bonds. The smallest absolute Gasteiger partial charge is 0.265 e. The van der Waals surface area contributed by atoms with Crippen molar-refractivity contribution in [3.8, 4) is 0 Å². The third-order valence-electron chi connectivity index (χ3n) is 3.94. The van der Waals surface area contributed by atoms with Crippen molar-refractivity contribution in [2.24, 2.45) is 0 Å². The Morgan fingerprint density at radius 2 is 2.00 bits per heavy atom. The second-order valence-electron chi connectivity index (χ2n) is 5.71. The van der Waals surface area contributed by atoms with Crippen LogP contribution in [0.15, 0.2) is 30.3 Å². The molecule has 1 saturated heterocycles. The number of rotatable bonds is 5. The number of carbonyl (C=O) groups excluding carboxylic acids is 2. The van der Waals surface area contributed by atoms with E-state index in [1.54, 1.807) is 24.1 Å². The van der Waals surface area contributed by atoms with E-state index in [-0.39, 0.29) is 24.8 Å². The summed E-state index contributed by atoms with van der Waals surface area (Å²) in [6.45, 7) is 4.06. The van der Waals surface area contributed by atoms with E-state index in [2.05, 4.69) is 0 Å². The standard InChI is InChI=1S/C16H22N2O4/c1-16(2)18(10-14(19)12-8-6-5-7-9-12)13(11-22-16)15(20)17(3)21-4/h5-9,13H,10-11H2,1-4H3/t13-/m1/s1. The first-order valence-corrected chi connectivity index (χ1v) is 7.17. The Morgan fingerprint density at radius 1 is 1.36 bits per heavy atom. The first kappa shape index (κ1) is 16.6. The number of Topliss-reactive ketones (excluding diaryl/α,β-unsaturated/α-hetero) is 1. The zero-order valence-corrected chi connectivity index (χ0v) is 13.4. The molecule has 1 aliphatic rings. The highest BCUT2D eigenvalue weighted by atomic mass is 16.7. The minimum Gasteiger partial charge on any atom is -0.359 e. The fraction of sp³-hybridized carbons (Fsp3) is 0.500. The van der Waals surface area contributed by atoms with E-state index >= 15 is 0 Å². The molecule has 0 saturated carbocycles. The summed E-state index contributed by atoms with van der Waals surface area (Å²) in [5.74, 6) is -0.272. The Hall–Kier alpha value is -1.76. The van der Waals surface area contributed by atoms with E-state index in [9.17, 15) is 9.59 Å². The molecule has 0 aromatic heterocycles. The third-order valence-corrected chi connectivity index (χ3v) is 3.94.